The summed E-state index contributed by atoms with van der Waals surface area (Å²) in [6.45, 7) is 13.4. The second kappa shape index (κ2) is 9.47. The van der Waals surface area contributed by atoms with Crippen molar-refractivity contribution in [2.45, 2.75) is 19.8 Å². The quantitative estimate of drug-likeness (QED) is 0.704. The minimum atomic E-state index is -3.97. The molecule has 0 aromatic heterocycles. The fourth-order valence-corrected chi connectivity index (χ4v) is 4.30. The average molecular weight is 348 g/mol. The molecule has 0 radical (unpaired) electrons. The number of nitrogens with zero attached hydrogens (tertiary/aromatic N) is 4. The van der Waals surface area contributed by atoms with Crippen LogP contribution in [0.25, 0.3) is 0 Å². The Hall–Kier alpha value is -0.0100. The van der Waals surface area contributed by atoms with Gasteiger partial charge in [-0.25, -0.2) is 0 Å². The molecule has 2 aliphatic rings. The van der Waals surface area contributed by atoms with Crippen LogP contribution in [0.5, 0.6) is 0 Å². The Labute approximate surface area is 140 Å². The van der Waals surface area contributed by atoms with E-state index >= 15 is 0 Å². The van der Waals surface area contributed by atoms with Crippen LogP contribution in [0.3, 0.4) is 0 Å². The molecule has 0 amide bonds. The lowest BCUT2D eigenvalue weighted by Crippen LogP contribution is -2.47. The van der Waals surface area contributed by atoms with Gasteiger partial charge in [0, 0.05) is 45.8 Å². The number of hydrogen-bond acceptors (Lipinski definition) is 5. The summed E-state index contributed by atoms with van der Waals surface area (Å²) in [4.78, 5) is 28.0. The van der Waals surface area contributed by atoms with Crippen molar-refractivity contribution < 1.29 is 14.4 Å². The topological polar surface area (TPSA) is 70.5 Å². The Morgan fingerprint density at radius 3 is 1.74 bits per heavy atom. The van der Waals surface area contributed by atoms with Gasteiger partial charge in [-0.3, -0.25) is 9.46 Å². The molecule has 0 spiro atoms. The van der Waals surface area contributed by atoms with E-state index in [1.54, 1.807) is 0 Å². The van der Waals surface area contributed by atoms with Gasteiger partial charge in [-0.2, -0.15) is 0 Å². The molecule has 2 rings (SSSR count). The first-order valence-electron chi connectivity index (χ1n) is 8.90. The van der Waals surface area contributed by atoms with Crippen molar-refractivity contribution in [2.75, 3.05) is 78.3 Å². The van der Waals surface area contributed by atoms with Crippen LogP contribution in [0.2, 0.25) is 0 Å². The molecule has 2 N–H and O–H groups in total. The summed E-state index contributed by atoms with van der Waals surface area (Å²) >= 11 is 0. The van der Waals surface area contributed by atoms with Crippen LogP contribution in [0.1, 0.15) is 19.8 Å². The lowest BCUT2D eigenvalue weighted by molar-refractivity contribution is 0.125. The zero-order valence-electron chi connectivity index (χ0n) is 14.4. The van der Waals surface area contributed by atoms with Crippen LogP contribution >= 0.6 is 7.60 Å². The zero-order chi connectivity index (χ0) is 16.7. The third kappa shape index (κ3) is 7.61. The van der Waals surface area contributed by atoms with Gasteiger partial charge in [-0.1, -0.05) is 6.92 Å². The highest BCUT2D eigenvalue weighted by Gasteiger charge is 2.22. The van der Waals surface area contributed by atoms with E-state index in [0.29, 0.717) is 0 Å². The first-order valence-corrected chi connectivity index (χ1v) is 10.7. The molecule has 8 heteroatoms. The third-order valence-corrected chi connectivity index (χ3v) is 5.69. The van der Waals surface area contributed by atoms with Crippen LogP contribution in [-0.2, 0) is 4.57 Å². The minimum Gasteiger partial charge on any atom is -0.324 e. The maximum absolute atomic E-state index is 11.3. The maximum Gasteiger partial charge on any atom is 0.339 e. The van der Waals surface area contributed by atoms with Gasteiger partial charge >= 0.3 is 7.60 Å². The van der Waals surface area contributed by atoms with Crippen molar-refractivity contribution in [3.05, 3.63) is 0 Å². The summed E-state index contributed by atoms with van der Waals surface area (Å²) in [5.74, 6) is 0. The molecule has 7 nitrogen and oxygen atoms in total. The monoisotopic (exact) mass is 348 g/mol. The van der Waals surface area contributed by atoms with Gasteiger partial charge in [-0.05, 0) is 39.0 Å². The number of likely N-dealkylation sites (N-methyl/N-ethyl adjacent to an activating group) is 1. The second-order valence-electron chi connectivity index (χ2n) is 6.75. The molecule has 2 saturated heterocycles. The molecule has 2 aliphatic heterocycles. The highest BCUT2D eigenvalue weighted by Crippen LogP contribution is 2.35. The van der Waals surface area contributed by atoms with Gasteiger partial charge in [0.25, 0.3) is 0 Å². The Morgan fingerprint density at radius 2 is 1.22 bits per heavy atom. The standard InChI is InChI=1S/C15H33N4O3P/c1-2-16-5-3-6-18-12-11-17(10-9-16)7-4-8-19(14-13-18)15-23(20,21)22/h2-15H2,1H3,(H2,20,21,22). The molecule has 0 aromatic carbocycles. The lowest BCUT2D eigenvalue weighted by Gasteiger charge is -2.35. The van der Waals surface area contributed by atoms with E-state index in [4.69, 9.17) is 0 Å². The molecule has 2 unspecified atom stereocenters. The lowest BCUT2D eigenvalue weighted by atomic mass is 10.2. The van der Waals surface area contributed by atoms with Crippen LogP contribution < -0.4 is 0 Å². The van der Waals surface area contributed by atoms with E-state index in [-0.39, 0.29) is 6.29 Å². The fraction of sp³-hybridized carbons (Fsp3) is 1.00. The molecule has 0 saturated carbocycles. The Balaban J connectivity index is 1.98. The molecule has 136 valence electrons. The summed E-state index contributed by atoms with van der Waals surface area (Å²) in [6, 6.07) is 0. The SMILES string of the molecule is CCN1CCCN2CCN(CCCN(CP(=O)(O)O)CC2)CC1. The normalized spacial score (nSPS) is 30.2. The molecule has 2 atom stereocenters. The van der Waals surface area contributed by atoms with Gasteiger partial charge < -0.3 is 24.5 Å². The summed E-state index contributed by atoms with van der Waals surface area (Å²) in [5, 5.41) is 0. The first kappa shape index (κ1) is 19.3. The van der Waals surface area contributed by atoms with Crippen molar-refractivity contribution in [3.63, 3.8) is 0 Å². The molecule has 2 heterocycles. The molecular formula is C15H33N4O3P. The Kier molecular flexibility index (Phi) is 7.95. The molecule has 2 bridgehead atoms. The number of fused-ring (bicyclic) bond motifs is 3. The van der Waals surface area contributed by atoms with Crippen LogP contribution in [-0.4, -0.2) is 108 Å². The predicted octanol–water partition coefficient (Wildman–Crippen LogP) is 0.157. The molecular weight excluding hydrogens is 315 g/mol. The van der Waals surface area contributed by atoms with Crippen LogP contribution in [0.15, 0.2) is 0 Å². The smallest absolute Gasteiger partial charge is 0.324 e. The van der Waals surface area contributed by atoms with E-state index in [9.17, 15) is 14.4 Å². The summed E-state index contributed by atoms with van der Waals surface area (Å²) in [5.41, 5.74) is 0. The summed E-state index contributed by atoms with van der Waals surface area (Å²) < 4.78 is 11.3. The van der Waals surface area contributed by atoms with Gasteiger partial charge in [0.1, 0.15) is 6.29 Å². The van der Waals surface area contributed by atoms with E-state index in [1.807, 2.05) is 4.90 Å². The first-order chi connectivity index (χ1) is 11.0. The van der Waals surface area contributed by atoms with Crippen molar-refractivity contribution in [3.8, 4) is 0 Å². The Morgan fingerprint density at radius 1 is 0.739 bits per heavy atom. The van der Waals surface area contributed by atoms with E-state index in [1.165, 1.54) is 6.42 Å². The van der Waals surface area contributed by atoms with Crippen molar-refractivity contribution in [2.24, 2.45) is 0 Å². The highest BCUT2D eigenvalue weighted by molar-refractivity contribution is 7.51. The fourth-order valence-electron chi connectivity index (χ4n) is 3.50. The number of rotatable bonds is 3. The second-order valence-corrected chi connectivity index (χ2v) is 8.36. The van der Waals surface area contributed by atoms with Crippen molar-refractivity contribution >= 4 is 7.60 Å². The average Bonchev–Trinajstić information content (AvgIpc) is 2.50. The zero-order valence-corrected chi connectivity index (χ0v) is 15.3. The molecule has 0 aromatic rings. The van der Waals surface area contributed by atoms with Crippen molar-refractivity contribution in [1.82, 2.24) is 19.6 Å². The van der Waals surface area contributed by atoms with Crippen LogP contribution in [0, 0.1) is 0 Å². The van der Waals surface area contributed by atoms with Gasteiger partial charge in [0.2, 0.25) is 0 Å². The molecule has 2 fully saturated rings. The summed E-state index contributed by atoms with van der Waals surface area (Å²) in [7, 11) is -3.97. The van der Waals surface area contributed by atoms with Crippen molar-refractivity contribution in [1.29, 1.82) is 0 Å². The van der Waals surface area contributed by atoms with Crippen LogP contribution in [0.4, 0.5) is 0 Å². The predicted molar refractivity (Wildman–Crippen MR) is 92.7 cm³/mol. The van der Waals surface area contributed by atoms with E-state index in [0.717, 1.165) is 78.4 Å². The van der Waals surface area contributed by atoms with E-state index < -0.39 is 7.60 Å². The van der Waals surface area contributed by atoms with E-state index in [2.05, 4.69) is 21.6 Å². The summed E-state index contributed by atoms with van der Waals surface area (Å²) in [6.07, 6.45) is 2.04. The largest absolute Gasteiger partial charge is 0.339 e. The van der Waals surface area contributed by atoms with Gasteiger partial charge in [0.05, 0.1) is 0 Å². The molecule has 23 heavy (non-hydrogen) atoms. The van der Waals surface area contributed by atoms with Gasteiger partial charge in [0.15, 0.2) is 0 Å². The van der Waals surface area contributed by atoms with Gasteiger partial charge in [-0.15, -0.1) is 0 Å². The Bertz CT molecular complexity index is 391. The minimum absolute atomic E-state index is 0.107. The highest BCUT2D eigenvalue weighted by atomic mass is 31.2. The third-order valence-electron chi connectivity index (χ3n) is 4.93. The maximum atomic E-state index is 11.3. The molecule has 0 aliphatic carbocycles. The number of hydrogen-bond donors (Lipinski definition) is 2.